The quantitative estimate of drug-likeness (QED) is 0.528. The van der Waals surface area contributed by atoms with Gasteiger partial charge >= 0.3 is 0 Å². The van der Waals surface area contributed by atoms with Crippen LogP contribution in [-0.4, -0.2) is 55.1 Å². The van der Waals surface area contributed by atoms with E-state index in [9.17, 15) is 9.59 Å². The first-order valence-electron chi connectivity index (χ1n) is 9.62. The number of thioether (sulfide) groups is 2. The van der Waals surface area contributed by atoms with Crippen LogP contribution in [0.4, 0.5) is 5.82 Å². The fourth-order valence-electron chi connectivity index (χ4n) is 3.41. The molecule has 2 aliphatic heterocycles. The third kappa shape index (κ3) is 3.83. The molecule has 6 nitrogen and oxygen atoms in total. The second-order valence-corrected chi connectivity index (χ2v) is 9.89. The number of nitrogens with zero attached hydrogens (tertiary/aromatic N) is 4. The van der Waals surface area contributed by atoms with Gasteiger partial charge in [0.15, 0.2) is 0 Å². The van der Waals surface area contributed by atoms with Crippen LogP contribution in [0.3, 0.4) is 0 Å². The number of anilines is 1. The molecule has 2 aromatic rings. The number of hydrogen-bond acceptors (Lipinski definition) is 7. The van der Waals surface area contributed by atoms with Crippen molar-refractivity contribution < 1.29 is 4.79 Å². The number of aromatic nitrogens is 2. The summed E-state index contributed by atoms with van der Waals surface area (Å²) in [6, 6.07) is 5.53. The molecule has 9 heteroatoms. The van der Waals surface area contributed by atoms with E-state index in [2.05, 4.69) is 4.90 Å². The first kappa shape index (κ1) is 20.4. The largest absolute Gasteiger partial charge is 0.354 e. The summed E-state index contributed by atoms with van der Waals surface area (Å²) in [5.41, 5.74) is 0.887. The highest BCUT2D eigenvalue weighted by atomic mass is 32.2. The molecule has 0 aliphatic carbocycles. The van der Waals surface area contributed by atoms with Crippen molar-refractivity contribution >= 4 is 63.5 Å². The minimum Gasteiger partial charge on any atom is -0.354 e. The zero-order valence-electron chi connectivity index (χ0n) is 16.3. The molecule has 1 atom stereocenters. The maximum atomic E-state index is 13.3. The minimum atomic E-state index is -0.169. The molecule has 2 aliphatic rings. The predicted octanol–water partition coefficient (Wildman–Crippen LogP) is 3.25. The highest BCUT2D eigenvalue weighted by Crippen LogP contribution is 2.35. The van der Waals surface area contributed by atoms with Crippen molar-refractivity contribution in [3.8, 4) is 0 Å². The normalized spacial score (nSPS) is 20.1. The number of fused-ring (bicyclic) bond motifs is 1. The van der Waals surface area contributed by atoms with Crippen LogP contribution in [0, 0.1) is 0 Å². The Kier molecular flexibility index (Phi) is 5.98. The van der Waals surface area contributed by atoms with E-state index in [-0.39, 0.29) is 17.5 Å². The van der Waals surface area contributed by atoms with Crippen LogP contribution in [0.2, 0.25) is 0 Å². The summed E-state index contributed by atoms with van der Waals surface area (Å²) in [6.07, 6.45) is 4.21. The smallest absolute Gasteiger partial charge is 0.267 e. The van der Waals surface area contributed by atoms with Gasteiger partial charge in [-0.05, 0) is 31.6 Å². The molecule has 0 saturated carbocycles. The summed E-state index contributed by atoms with van der Waals surface area (Å²) < 4.78 is 2.07. The summed E-state index contributed by atoms with van der Waals surface area (Å²) >= 11 is 8.59. The predicted molar refractivity (Wildman–Crippen MR) is 126 cm³/mol. The Morgan fingerprint density at radius 2 is 2.03 bits per heavy atom. The van der Waals surface area contributed by atoms with Gasteiger partial charge in [-0.1, -0.05) is 37.0 Å². The van der Waals surface area contributed by atoms with Gasteiger partial charge in [-0.15, -0.1) is 0 Å². The van der Waals surface area contributed by atoms with Gasteiger partial charge in [-0.2, -0.15) is 11.8 Å². The van der Waals surface area contributed by atoms with E-state index in [0.29, 0.717) is 26.3 Å². The van der Waals surface area contributed by atoms with E-state index in [4.69, 9.17) is 17.2 Å². The van der Waals surface area contributed by atoms with Crippen molar-refractivity contribution in [2.45, 2.75) is 26.3 Å². The van der Waals surface area contributed by atoms with Crippen LogP contribution in [0.15, 0.2) is 34.1 Å². The van der Waals surface area contributed by atoms with E-state index in [1.54, 1.807) is 23.2 Å². The van der Waals surface area contributed by atoms with Gasteiger partial charge in [0.25, 0.3) is 11.5 Å². The van der Waals surface area contributed by atoms with Crippen LogP contribution in [0.5, 0.6) is 0 Å². The lowest BCUT2D eigenvalue weighted by molar-refractivity contribution is -0.123. The zero-order valence-corrected chi connectivity index (χ0v) is 18.8. The van der Waals surface area contributed by atoms with Gasteiger partial charge < -0.3 is 4.90 Å². The molecule has 0 radical (unpaired) electrons. The van der Waals surface area contributed by atoms with Crippen molar-refractivity contribution in [1.82, 2.24) is 14.3 Å². The van der Waals surface area contributed by atoms with E-state index in [1.165, 1.54) is 16.2 Å². The van der Waals surface area contributed by atoms with Crippen LogP contribution in [0.1, 0.15) is 25.8 Å². The molecule has 0 N–H and O–H groups in total. The van der Waals surface area contributed by atoms with E-state index in [1.807, 2.05) is 37.7 Å². The van der Waals surface area contributed by atoms with Crippen molar-refractivity contribution in [3.63, 3.8) is 0 Å². The lowest BCUT2D eigenvalue weighted by Gasteiger charge is -2.28. The fraction of sp³-hybridized carbons (Fsp3) is 0.400. The number of carbonyl (C=O) groups is 1. The van der Waals surface area contributed by atoms with E-state index in [0.717, 1.165) is 31.0 Å². The van der Waals surface area contributed by atoms with Crippen LogP contribution < -0.4 is 10.5 Å². The number of pyridine rings is 1. The van der Waals surface area contributed by atoms with Crippen molar-refractivity contribution in [2.24, 2.45) is 0 Å². The first-order valence-corrected chi connectivity index (χ1v) is 12.0. The lowest BCUT2D eigenvalue weighted by Crippen LogP contribution is -2.36. The average Bonchev–Trinajstić information content (AvgIpc) is 3.03. The molecule has 0 spiro atoms. The van der Waals surface area contributed by atoms with Gasteiger partial charge in [0.05, 0.1) is 10.5 Å². The van der Waals surface area contributed by atoms with Gasteiger partial charge in [0.2, 0.25) is 0 Å². The van der Waals surface area contributed by atoms with Crippen molar-refractivity contribution in [2.75, 3.05) is 29.5 Å². The Morgan fingerprint density at radius 3 is 2.76 bits per heavy atom. The van der Waals surface area contributed by atoms with Gasteiger partial charge in [0, 0.05) is 36.8 Å². The highest BCUT2D eigenvalue weighted by molar-refractivity contribution is 8.26. The van der Waals surface area contributed by atoms with Crippen LogP contribution in [0.25, 0.3) is 11.7 Å². The summed E-state index contributed by atoms with van der Waals surface area (Å²) in [6.45, 7) is 5.67. The number of hydrogen-bond donors (Lipinski definition) is 0. The third-order valence-electron chi connectivity index (χ3n) is 5.19. The summed E-state index contributed by atoms with van der Waals surface area (Å²) in [5, 5.41) is 0. The monoisotopic (exact) mass is 446 g/mol. The average molecular weight is 447 g/mol. The van der Waals surface area contributed by atoms with Crippen LogP contribution in [-0.2, 0) is 4.79 Å². The number of amides is 1. The molecular weight excluding hydrogens is 424 g/mol. The summed E-state index contributed by atoms with van der Waals surface area (Å²) in [7, 11) is 0. The molecule has 0 aromatic carbocycles. The second kappa shape index (κ2) is 8.49. The molecule has 2 saturated heterocycles. The molecular formula is C20H22N4O2S3. The second-order valence-electron chi connectivity index (χ2n) is 6.99. The van der Waals surface area contributed by atoms with Gasteiger partial charge in [-0.25, -0.2) is 4.98 Å². The topological polar surface area (TPSA) is 57.9 Å². The van der Waals surface area contributed by atoms with Gasteiger partial charge in [0.1, 0.15) is 15.8 Å². The van der Waals surface area contributed by atoms with E-state index < -0.39 is 0 Å². The molecule has 2 fully saturated rings. The number of carbonyl (C=O) groups excluding carboxylic acids is 1. The Hall–Kier alpha value is -1.84. The zero-order chi connectivity index (χ0) is 20.5. The standard InChI is InChI=1S/C20H22N4O2S3/c1-3-13(2)24-19(26)15(29-20(24)27)12-14-17(22-8-10-28-11-9-22)21-16-6-4-5-7-23(16)18(14)25/h4-7,12-13H,3,8-11H2,1-2H3/b15-12+/t13-/m1/s1. The SMILES string of the molecule is CC[C@@H](C)N1C(=O)/C(=C\c2c(N3CCSCC3)nc3ccccn3c2=O)SC1=S. The highest BCUT2D eigenvalue weighted by Gasteiger charge is 2.35. The Balaban J connectivity index is 1.85. The third-order valence-corrected chi connectivity index (χ3v) is 7.46. The molecule has 4 heterocycles. The van der Waals surface area contributed by atoms with Crippen molar-refractivity contribution in [3.05, 3.63) is 45.2 Å². The number of thiocarbonyl (C=S) groups is 1. The lowest BCUT2D eigenvalue weighted by atomic mass is 10.2. The Bertz CT molecular complexity index is 1060. The van der Waals surface area contributed by atoms with Gasteiger partial charge in [-0.3, -0.25) is 18.9 Å². The molecule has 0 bridgehead atoms. The molecule has 4 rings (SSSR count). The molecule has 2 aromatic heterocycles. The van der Waals surface area contributed by atoms with E-state index >= 15 is 0 Å². The van der Waals surface area contributed by atoms with Crippen LogP contribution >= 0.6 is 35.7 Å². The summed E-state index contributed by atoms with van der Waals surface area (Å²) in [4.78, 5) is 35.4. The Morgan fingerprint density at radius 1 is 1.28 bits per heavy atom. The Labute approximate surface area is 183 Å². The maximum Gasteiger partial charge on any atom is 0.267 e. The first-order chi connectivity index (χ1) is 14.0. The van der Waals surface area contributed by atoms with Crippen molar-refractivity contribution in [1.29, 1.82) is 0 Å². The molecule has 29 heavy (non-hydrogen) atoms. The fourth-order valence-corrected chi connectivity index (χ4v) is 5.75. The number of rotatable bonds is 4. The molecule has 1 amide bonds. The molecule has 152 valence electrons. The minimum absolute atomic E-state index is 0.0304. The summed E-state index contributed by atoms with van der Waals surface area (Å²) in [5.74, 6) is 2.50. The maximum absolute atomic E-state index is 13.3. The molecule has 0 unspecified atom stereocenters.